The van der Waals surface area contributed by atoms with Gasteiger partial charge in [0.15, 0.2) is 0 Å². The first kappa shape index (κ1) is 16.2. The molecule has 19 heavy (non-hydrogen) atoms. The van der Waals surface area contributed by atoms with Gasteiger partial charge < -0.3 is 9.67 Å². The van der Waals surface area contributed by atoms with Gasteiger partial charge in [-0.3, -0.25) is 0 Å². The van der Waals surface area contributed by atoms with Gasteiger partial charge in [-0.2, -0.15) is 4.31 Å². The number of hydrogen-bond donors (Lipinski definition) is 1. The Bertz CT molecular complexity index is 486. The summed E-state index contributed by atoms with van der Waals surface area (Å²) in [5, 5.41) is 9.25. The van der Waals surface area contributed by atoms with Crippen LogP contribution < -0.4 is 0 Å². The van der Waals surface area contributed by atoms with Crippen LogP contribution in [0.4, 0.5) is 0 Å². The predicted octanol–water partition coefficient (Wildman–Crippen LogP) is 1.81. The summed E-state index contributed by atoms with van der Waals surface area (Å²) >= 11 is 0. The molecule has 0 saturated carbocycles. The molecular formula is C13H24N2O3S. The van der Waals surface area contributed by atoms with E-state index in [0.717, 1.165) is 6.42 Å². The molecule has 1 unspecified atom stereocenters. The summed E-state index contributed by atoms with van der Waals surface area (Å²) in [5.41, 5.74) is 0.626. The van der Waals surface area contributed by atoms with Crippen LogP contribution in [0.15, 0.2) is 17.2 Å². The van der Waals surface area contributed by atoms with Crippen molar-refractivity contribution in [3.05, 3.63) is 18.0 Å². The van der Waals surface area contributed by atoms with Crippen molar-refractivity contribution in [1.29, 1.82) is 0 Å². The molecule has 1 N–H and O–H groups in total. The minimum Gasteiger partial charge on any atom is -0.390 e. The van der Waals surface area contributed by atoms with Gasteiger partial charge in [0.05, 0.1) is 6.61 Å². The van der Waals surface area contributed by atoms with Gasteiger partial charge in [0.25, 0.3) is 0 Å². The molecule has 0 aliphatic carbocycles. The molecule has 0 saturated heterocycles. The van der Waals surface area contributed by atoms with E-state index in [1.165, 1.54) is 4.31 Å². The molecule has 1 aromatic rings. The van der Waals surface area contributed by atoms with Gasteiger partial charge in [-0.1, -0.05) is 13.8 Å². The molecule has 0 aliphatic rings. The van der Waals surface area contributed by atoms with Crippen molar-refractivity contribution in [2.75, 3.05) is 6.54 Å². The maximum absolute atomic E-state index is 12.6. The van der Waals surface area contributed by atoms with Crippen LogP contribution in [0, 0.1) is 0 Å². The highest BCUT2D eigenvalue weighted by Crippen LogP contribution is 2.22. The molecule has 0 aromatic carbocycles. The first-order valence-corrected chi connectivity index (χ1v) is 8.18. The van der Waals surface area contributed by atoms with Gasteiger partial charge >= 0.3 is 0 Å². The number of aryl methyl sites for hydroxylation is 1. The van der Waals surface area contributed by atoms with E-state index in [-0.39, 0.29) is 17.5 Å². The lowest BCUT2D eigenvalue weighted by Gasteiger charge is -2.25. The van der Waals surface area contributed by atoms with Crippen LogP contribution in [0.1, 0.15) is 39.8 Å². The molecule has 0 spiro atoms. The van der Waals surface area contributed by atoms with Gasteiger partial charge in [0, 0.05) is 31.0 Å². The van der Waals surface area contributed by atoms with Crippen LogP contribution in [0.25, 0.3) is 0 Å². The van der Waals surface area contributed by atoms with Crippen molar-refractivity contribution in [3.8, 4) is 0 Å². The lowest BCUT2D eigenvalue weighted by atomic mass is 10.3. The van der Waals surface area contributed by atoms with Gasteiger partial charge in [-0.25, -0.2) is 8.42 Å². The van der Waals surface area contributed by atoms with Gasteiger partial charge in [-0.05, 0) is 26.3 Å². The van der Waals surface area contributed by atoms with Crippen molar-refractivity contribution in [2.24, 2.45) is 0 Å². The Morgan fingerprint density at radius 1 is 1.37 bits per heavy atom. The number of hydrogen-bond acceptors (Lipinski definition) is 3. The van der Waals surface area contributed by atoms with E-state index in [1.54, 1.807) is 16.8 Å². The summed E-state index contributed by atoms with van der Waals surface area (Å²) in [4.78, 5) is 0.264. The highest BCUT2D eigenvalue weighted by atomic mass is 32.2. The van der Waals surface area contributed by atoms with Crippen LogP contribution in [-0.4, -0.2) is 35.0 Å². The Hall–Kier alpha value is -0.850. The van der Waals surface area contributed by atoms with Gasteiger partial charge in [0.1, 0.15) is 4.90 Å². The fourth-order valence-electron chi connectivity index (χ4n) is 2.15. The highest BCUT2D eigenvalue weighted by Gasteiger charge is 2.28. The first-order valence-electron chi connectivity index (χ1n) is 6.74. The molecule has 0 bridgehead atoms. The number of aliphatic hydroxyl groups excluding tert-OH is 1. The molecule has 1 aromatic heterocycles. The minimum atomic E-state index is -3.48. The van der Waals surface area contributed by atoms with Crippen LogP contribution >= 0.6 is 0 Å². The molecule has 1 atom stereocenters. The van der Waals surface area contributed by atoms with Gasteiger partial charge in [0.2, 0.25) is 10.0 Å². The Labute approximate surface area is 115 Å². The zero-order chi connectivity index (χ0) is 14.6. The average Bonchev–Trinajstić information content (AvgIpc) is 2.82. The zero-order valence-electron chi connectivity index (χ0n) is 12.1. The second-order valence-electron chi connectivity index (χ2n) is 4.58. The van der Waals surface area contributed by atoms with E-state index < -0.39 is 10.0 Å². The maximum Gasteiger partial charge on any atom is 0.244 e. The first-order chi connectivity index (χ1) is 8.92. The fourth-order valence-corrected chi connectivity index (χ4v) is 3.93. The molecule has 110 valence electrons. The van der Waals surface area contributed by atoms with Crippen LogP contribution in [-0.2, 0) is 23.2 Å². The highest BCUT2D eigenvalue weighted by molar-refractivity contribution is 7.89. The third-order valence-electron chi connectivity index (χ3n) is 3.46. The van der Waals surface area contributed by atoms with E-state index in [2.05, 4.69) is 0 Å². The van der Waals surface area contributed by atoms with Crippen LogP contribution in [0.2, 0.25) is 0 Å². The standard InChI is InChI=1S/C13H24N2O3S/c1-5-11(4)15(7-3)19(17,18)13-8-12(10-16)14(6-2)9-13/h8-9,11,16H,5-7,10H2,1-4H3. The molecule has 5 nitrogen and oxygen atoms in total. The largest absolute Gasteiger partial charge is 0.390 e. The second-order valence-corrected chi connectivity index (χ2v) is 6.47. The summed E-state index contributed by atoms with van der Waals surface area (Å²) in [5.74, 6) is 0. The molecular weight excluding hydrogens is 264 g/mol. The minimum absolute atomic E-state index is 0.0300. The average molecular weight is 288 g/mol. The quantitative estimate of drug-likeness (QED) is 0.832. The van der Waals surface area contributed by atoms with Crippen LogP contribution in [0.5, 0.6) is 0 Å². The number of aromatic nitrogens is 1. The van der Waals surface area contributed by atoms with E-state index in [9.17, 15) is 13.5 Å². The zero-order valence-corrected chi connectivity index (χ0v) is 12.9. The van der Waals surface area contributed by atoms with E-state index >= 15 is 0 Å². The summed E-state index contributed by atoms with van der Waals surface area (Å²) in [6.45, 7) is 8.57. The van der Waals surface area contributed by atoms with Crippen molar-refractivity contribution < 1.29 is 13.5 Å². The fraction of sp³-hybridized carbons (Fsp3) is 0.692. The number of aliphatic hydroxyl groups is 1. The predicted molar refractivity (Wildman–Crippen MR) is 75.3 cm³/mol. The summed E-state index contributed by atoms with van der Waals surface area (Å²) < 4.78 is 28.4. The Morgan fingerprint density at radius 2 is 2.00 bits per heavy atom. The second kappa shape index (κ2) is 6.54. The SMILES string of the molecule is CCC(C)N(CC)S(=O)(=O)c1cc(CO)n(CC)c1. The molecule has 0 fully saturated rings. The van der Waals surface area contributed by atoms with E-state index in [4.69, 9.17) is 0 Å². The molecule has 6 heteroatoms. The van der Waals surface area contributed by atoms with Crippen molar-refractivity contribution in [2.45, 2.75) is 58.2 Å². The monoisotopic (exact) mass is 288 g/mol. The normalized spacial score (nSPS) is 14.0. The summed E-state index contributed by atoms with van der Waals surface area (Å²) in [6, 6.07) is 1.53. The molecule has 1 rings (SSSR count). The van der Waals surface area contributed by atoms with Crippen molar-refractivity contribution >= 4 is 10.0 Å². The topological polar surface area (TPSA) is 62.5 Å². The Kier molecular flexibility index (Phi) is 5.58. The maximum atomic E-state index is 12.6. The summed E-state index contributed by atoms with van der Waals surface area (Å²) in [7, 11) is -3.48. The van der Waals surface area contributed by atoms with E-state index in [0.29, 0.717) is 18.8 Å². The number of sulfonamides is 1. The Balaban J connectivity index is 3.22. The third-order valence-corrected chi connectivity index (χ3v) is 5.52. The van der Waals surface area contributed by atoms with Crippen molar-refractivity contribution in [3.63, 3.8) is 0 Å². The molecule has 0 amide bonds. The van der Waals surface area contributed by atoms with Crippen LogP contribution in [0.3, 0.4) is 0 Å². The lowest BCUT2D eigenvalue weighted by Crippen LogP contribution is -2.37. The molecule has 1 heterocycles. The Morgan fingerprint density at radius 3 is 2.37 bits per heavy atom. The van der Waals surface area contributed by atoms with Crippen molar-refractivity contribution in [1.82, 2.24) is 8.87 Å². The number of nitrogens with zero attached hydrogens (tertiary/aromatic N) is 2. The molecule has 0 radical (unpaired) electrons. The third kappa shape index (κ3) is 3.19. The lowest BCUT2D eigenvalue weighted by molar-refractivity contribution is 0.271. The number of rotatable bonds is 7. The van der Waals surface area contributed by atoms with Gasteiger partial charge in [-0.15, -0.1) is 0 Å². The smallest absolute Gasteiger partial charge is 0.244 e. The summed E-state index contributed by atoms with van der Waals surface area (Å²) in [6.07, 6.45) is 2.38. The van der Waals surface area contributed by atoms with E-state index in [1.807, 2.05) is 27.7 Å². The molecule has 0 aliphatic heterocycles.